The third kappa shape index (κ3) is 2.88. The molecule has 92 valence electrons. The van der Waals surface area contributed by atoms with Gasteiger partial charge in [0.25, 0.3) is 0 Å². The summed E-state index contributed by atoms with van der Waals surface area (Å²) in [5.41, 5.74) is 7.07. The molecule has 0 aromatic carbocycles. The van der Waals surface area contributed by atoms with E-state index in [0.717, 1.165) is 12.1 Å². The third-order valence-electron chi connectivity index (χ3n) is 2.71. The average molecular weight is 227 g/mol. The Bertz CT molecular complexity index is 358. The highest BCUT2D eigenvalue weighted by Crippen LogP contribution is 2.24. The summed E-state index contributed by atoms with van der Waals surface area (Å²) in [4.78, 5) is 0. The largest absolute Gasteiger partial charge is 0.476 e. The molecule has 1 heterocycles. The zero-order valence-corrected chi connectivity index (χ0v) is 10.7. The minimum atomic E-state index is -0.178. The molecule has 0 fully saturated rings. The van der Waals surface area contributed by atoms with Gasteiger partial charge in [-0.3, -0.25) is 0 Å². The van der Waals surface area contributed by atoms with E-state index in [1.54, 1.807) is 11.8 Å². The van der Waals surface area contributed by atoms with E-state index in [-0.39, 0.29) is 5.60 Å². The number of rotatable bonds is 5. The number of nitrogen functional groups attached to an aromatic ring is 1. The SMILES string of the molecule is COC(C)(C)CCOc1c(N)c(C)nn1C. The van der Waals surface area contributed by atoms with Gasteiger partial charge in [-0.05, 0) is 20.8 Å². The van der Waals surface area contributed by atoms with Gasteiger partial charge in [0.05, 0.1) is 17.9 Å². The van der Waals surface area contributed by atoms with Crippen molar-refractivity contribution in [1.29, 1.82) is 0 Å². The highest BCUT2D eigenvalue weighted by molar-refractivity contribution is 5.52. The number of ether oxygens (including phenoxy) is 2. The maximum absolute atomic E-state index is 5.85. The summed E-state index contributed by atoms with van der Waals surface area (Å²) >= 11 is 0. The molecule has 0 radical (unpaired) electrons. The van der Waals surface area contributed by atoms with Crippen LogP contribution in [0.15, 0.2) is 0 Å². The van der Waals surface area contributed by atoms with Gasteiger partial charge in [0, 0.05) is 20.6 Å². The molecule has 0 saturated carbocycles. The number of aryl methyl sites for hydroxylation is 2. The van der Waals surface area contributed by atoms with Crippen molar-refractivity contribution in [3.8, 4) is 5.88 Å². The number of methoxy groups -OCH3 is 1. The van der Waals surface area contributed by atoms with E-state index < -0.39 is 0 Å². The Labute approximate surface area is 96.5 Å². The summed E-state index contributed by atoms with van der Waals surface area (Å²) in [7, 11) is 3.52. The first-order valence-corrected chi connectivity index (χ1v) is 5.34. The van der Waals surface area contributed by atoms with Crippen LogP contribution in [0.3, 0.4) is 0 Å². The minimum Gasteiger partial charge on any atom is -0.476 e. The van der Waals surface area contributed by atoms with Crippen LogP contribution in [0.1, 0.15) is 26.0 Å². The van der Waals surface area contributed by atoms with Crippen molar-refractivity contribution in [2.24, 2.45) is 7.05 Å². The number of hydrogen-bond acceptors (Lipinski definition) is 4. The second-order valence-corrected chi connectivity index (χ2v) is 4.49. The quantitative estimate of drug-likeness (QED) is 0.828. The summed E-state index contributed by atoms with van der Waals surface area (Å²) in [5, 5.41) is 4.18. The van der Waals surface area contributed by atoms with E-state index in [2.05, 4.69) is 5.10 Å². The normalized spacial score (nSPS) is 11.8. The fraction of sp³-hybridized carbons (Fsp3) is 0.727. The van der Waals surface area contributed by atoms with Crippen LogP contribution in [0, 0.1) is 6.92 Å². The Morgan fingerprint density at radius 2 is 2.06 bits per heavy atom. The Hall–Kier alpha value is -1.23. The standard InChI is InChI=1S/C11H21N3O2/c1-8-9(12)10(14(4)13-8)16-7-6-11(2,3)15-5/h6-7,12H2,1-5H3. The summed E-state index contributed by atoms with van der Waals surface area (Å²) in [6, 6.07) is 0. The van der Waals surface area contributed by atoms with E-state index in [9.17, 15) is 0 Å². The first-order valence-electron chi connectivity index (χ1n) is 5.34. The topological polar surface area (TPSA) is 62.3 Å². The molecule has 0 unspecified atom stereocenters. The zero-order valence-electron chi connectivity index (χ0n) is 10.7. The van der Waals surface area contributed by atoms with Gasteiger partial charge in [-0.2, -0.15) is 5.10 Å². The second-order valence-electron chi connectivity index (χ2n) is 4.49. The van der Waals surface area contributed by atoms with Crippen molar-refractivity contribution in [3.63, 3.8) is 0 Å². The van der Waals surface area contributed by atoms with Crippen LogP contribution < -0.4 is 10.5 Å². The van der Waals surface area contributed by atoms with Gasteiger partial charge >= 0.3 is 0 Å². The fourth-order valence-corrected chi connectivity index (χ4v) is 1.32. The van der Waals surface area contributed by atoms with Gasteiger partial charge in [-0.15, -0.1) is 0 Å². The van der Waals surface area contributed by atoms with E-state index in [1.165, 1.54) is 0 Å². The highest BCUT2D eigenvalue weighted by Gasteiger charge is 2.17. The molecule has 0 atom stereocenters. The average Bonchev–Trinajstić information content (AvgIpc) is 2.44. The van der Waals surface area contributed by atoms with Crippen LogP contribution in [-0.2, 0) is 11.8 Å². The molecule has 16 heavy (non-hydrogen) atoms. The van der Waals surface area contributed by atoms with Crippen molar-refractivity contribution < 1.29 is 9.47 Å². The number of hydrogen-bond donors (Lipinski definition) is 1. The first kappa shape index (κ1) is 12.8. The van der Waals surface area contributed by atoms with E-state index in [0.29, 0.717) is 18.2 Å². The zero-order chi connectivity index (χ0) is 12.3. The maximum Gasteiger partial charge on any atom is 0.235 e. The minimum absolute atomic E-state index is 0.178. The third-order valence-corrected chi connectivity index (χ3v) is 2.71. The number of anilines is 1. The fourth-order valence-electron chi connectivity index (χ4n) is 1.32. The van der Waals surface area contributed by atoms with Crippen molar-refractivity contribution in [2.75, 3.05) is 19.5 Å². The second kappa shape index (κ2) is 4.74. The van der Waals surface area contributed by atoms with Crippen LogP contribution in [0.5, 0.6) is 5.88 Å². The Morgan fingerprint density at radius 1 is 1.44 bits per heavy atom. The predicted octanol–water partition coefficient (Wildman–Crippen LogP) is 1.50. The van der Waals surface area contributed by atoms with Gasteiger partial charge in [-0.25, -0.2) is 4.68 Å². The molecule has 0 aliphatic carbocycles. The summed E-state index contributed by atoms with van der Waals surface area (Å²) in [5.74, 6) is 0.629. The monoisotopic (exact) mass is 227 g/mol. The molecule has 0 amide bonds. The van der Waals surface area contributed by atoms with Crippen molar-refractivity contribution in [1.82, 2.24) is 9.78 Å². The molecule has 5 heteroatoms. The number of nitrogens with two attached hydrogens (primary N) is 1. The molecular formula is C11H21N3O2. The smallest absolute Gasteiger partial charge is 0.235 e. The lowest BCUT2D eigenvalue weighted by atomic mass is 10.1. The molecular weight excluding hydrogens is 206 g/mol. The molecule has 0 spiro atoms. The van der Waals surface area contributed by atoms with Gasteiger partial charge in [0.1, 0.15) is 5.69 Å². The van der Waals surface area contributed by atoms with Crippen molar-refractivity contribution >= 4 is 5.69 Å². The summed E-state index contributed by atoms with van der Waals surface area (Å²) in [6.07, 6.45) is 0.799. The van der Waals surface area contributed by atoms with Crippen LogP contribution in [-0.4, -0.2) is 29.1 Å². The first-order chi connectivity index (χ1) is 7.37. The lowest BCUT2D eigenvalue weighted by molar-refractivity contribution is 0.00480. The Balaban J connectivity index is 2.55. The van der Waals surface area contributed by atoms with Crippen molar-refractivity contribution in [2.45, 2.75) is 32.8 Å². The van der Waals surface area contributed by atoms with E-state index in [4.69, 9.17) is 15.2 Å². The number of aromatic nitrogens is 2. The summed E-state index contributed by atoms with van der Waals surface area (Å²) in [6.45, 7) is 6.47. The lowest BCUT2D eigenvalue weighted by Gasteiger charge is -2.22. The van der Waals surface area contributed by atoms with Crippen LogP contribution in [0.25, 0.3) is 0 Å². The molecule has 2 N–H and O–H groups in total. The number of nitrogens with zero attached hydrogens (tertiary/aromatic N) is 2. The van der Waals surface area contributed by atoms with Gasteiger partial charge in [0.2, 0.25) is 5.88 Å². The van der Waals surface area contributed by atoms with E-state index >= 15 is 0 Å². The van der Waals surface area contributed by atoms with E-state index in [1.807, 2.05) is 27.8 Å². The van der Waals surface area contributed by atoms with Gasteiger partial charge in [-0.1, -0.05) is 0 Å². The molecule has 0 aliphatic heterocycles. The molecule has 0 aliphatic rings. The van der Waals surface area contributed by atoms with Gasteiger partial charge in [0.15, 0.2) is 0 Å². The molecule has 0 saturated heterocycles. The molecule has 1 rings (SSSR count). The molecule has 1 aromatic rings. The molecule has 1 aromatic heterocycles. The highest BCUT2D eigenvalue weighted by atomic mass is 16.5. The Morgan fingerprint density at radius 3 is 2.50 bits per heavy atom. The van der Waals surface area contributed by atoms with Crippen LogP contribution >= 0.6 is 0 Å². The maximum atomic E-state index is 5.85. The lowest BCUT2D eigenvalue weighted by Crippen LogP contribution is -2.25. The Kier molecular flexibility index (Phi) is 3.80. The van der Waals surface area contributed by atoms with Crippen molar-refractivity contribution in [3.05, 3.63) is 5.69 Å². The molecule has 5 nitrogen and oxygen atoms in total. The van der Waals surface area contributed by atoms with Gasteiger partial charge < -0.3 is 15.2 Å². The molecule has 0 bridgehead atoms. The predicted molar refractivity (Wildman–Crippen MR) is 63.6 cm³/mol. The summed E-state index contributed by atoms with van der Waals surface area (Å²) < 4.78 is 12.6. The van der Waals surface area contributed by atoms with Crippen LogP contribution in [0.2, 0.25) is 0 Å². The van der Waals surface area contributed by atoms with Crippen LogP contribution in [0.4, 0.5) is 5.69 Å².